The number of amides is 2. The van der Waals surface area contributed by atoms with Crippen molar-refractivity contribution in [2.75, 3.05) is 18.9 Å². The number of nitrogens with one attached hydrogen (secondary N) is 2. The van der Waals surface area contributed by atoms with Crippen molar-refractivity contribution >= 4 is 29.0 Å². The molecular formula is C17H20N4O3S. The number of hydrogen-bond donors (Lipinski definition) is 3. The van der Waals surface area contributed by atoms with Gasteiger partial charge in [0.25, 0.3) is 11.8 Å². The molecule has 0 bridgehead atoms. The predicted molar refractivity (Wildman–Crippen MR) is 95.4 cm³/mol. The van der Waals surface area contributed by atoms with Crippen molar-refractivity contribution in [3.05, 3.63) is 46.5 Å². The Labute approximate surface area is 149 Å². The van der Waals surface area contributed by atoms with Crippen LogP contribution in [0.25, 0.3) is 0 Å². The molecule has 0 radical (unpaired) electrons. The maximum absolute atomic E-state index is 12.2. The summed E-state index contributed by atoms with van der Waals surface area (Å²) in [5, 5.41) is 5.55. The first-order chi connectivity index (χ1) is 12.1. The quantitative estimate of drug-likeness (QED) is 0.725. The fourth-order valence-corrected chi connectivity index (χ4v) is 3.29. The topological polar surface area (TPSA) is 106 Å². The van der Waals surface area contributed by atoms with Crippen molar-refractivity contribution in [1.29, 1.82) is 0 Å². The number of nitrogen functional groups attached to an aromatic ring is 1. The van der Waals surface area contributed by atoms with Gasteiger partial charge >= 0.3 is 0 Å². The van der Waals surface area contributed by atoms with Crippen LogP contribution in [-0.2, 0) is 11.3 Å². The van der Waals surface area contributed by atoms with Crippen molar-refractivity contribution in [1.82, 2.24) is 15.0 Å². The van der Waals surface area contributed by atoms with Gasteiger partial charge < -0.3 is 21.1 Å². The number of benzene rings is 1. The highest BCUT2D eigenvalue weighted by Crippen LogP contribution is 2.22. The molecule has 2 amide bonds. The van der Waals surface area contributed by atoms with E-state index in [2.05, 4.69) is 15.0 Å². The molecule has 1 aromatic carbocycles. The van der Waals surface area contributed by atoms with Crippen LogP contribution in [0.15, 0.2) is 30.3 Å². The molecule has 0 saturated carbocycles. The first-order valence-electron chi connectivity index (χ1n) is 8.12. The number of carbonyl (C=O) groups excluding carboxylic acids is 2. The van der Waals surface area contributed by atoms with Crippen LogP contribution in [-0.4, -0.2) is 35.4 Å². The maximum atomic E-state index is 12.2. The van der Waals surface area contributed by atoms with E-state index in [1.807, 2.05) is 30.3 Å². The molecule has 0 aliphatic carbocycles. The number of aromatic nitrogens is 1. The molecule has 25 heavy (non-hydrogen) atoms. The molecule has 7 nitrogen and oxygen atoms in total. The van der Waals surface area contributed by atoms with Gasteiger partial charge in [-0.05, 0) is 29.9 Å². The molecule has 1 fully saturated rings. The highest BCUT2D eigenvalue weighted by Gasteiger charge is 2.23. The molecule has 1 saturated heterocycles. The van der Waals surface area contributed by atoms with Gasteiger partial charge in [-0.2, -0.15) is 4.37 Å². The third-order valence-corrected chi connectivity index (χ3v) is 4.82. The standard InChI is InChI=1S/C17H20N4O3S/c18-13-14(16(22)19-9-11-5-2-1-3-6-11)21-25-15(13)17(23)20-10-12-7-4-8-24-12/h1-3,5-6,12H,4,7-10,18H2,(H,19,22)(H,20,23). The first kappa shape index (κ1) is 17.4. The van der Waals surface area contributed by atoms with Gasteiger partial charge in [0.1, 0.15) is 4.88 Å². The minimum absolute atomic E-state index is 0.0479. The molecule has 3 rings (SSSR count). The highest BCUT2D eigenvalue weighted by atomic mass is 32.1. The number of nitrogens with two attached hydrogens (primary N) is 1. The Morgan fingerprint density at radius 2 is 2.04 bits per heavy atom. The van der Waals surface area contributed by atoms with Gasteiger partial charge in [0.2, 0.25) is 0 Å². The van der Waals surface area contributed by atoms with E-state index in [9.17, 15) is 9.59 Å². The first-order valence-corrected chi connectivity index (χ1v) is 8.89. The van der Waals surface area contributed by atoms with E-state index in [0.29, 0.717) is 13.1 Å². The van der Waals surface area contributed by atoms with E-state index in [-0.39, 0.29) is 28.3 Å². The lowest BCUT2D eigenvalue weighted by Gasteiger charge is -2.10. The molecule has 1 aliphatic heterocycles. The van der Waals surface area contributed by atoms with Crippen molar-refractivity contribution in [2.45, 2.75) is 25.5 Å². The lowest BCUT2D eigenvalue weighted by Crippen LogP contribution is -2.31. The second-order valence-corrected chi connectivity index (χ2v) is 6.56. The zero-order valence-corrected chi connectivity index (χ0v) is 14.5. The fourth-order valence-electron chi connectivity index (χ4n) is 2.58. The number of anilines is 1. The summed E-state index contributed by atoms with van der Waals surface area (Å²) >= 11 is 0.928. The molecule has 1 atom stereocenters. The van der Waals surface area contributed by atoms with Crippen LogP contribution < -0.4 is 16.4 Å². The number of rotatable bonds is 6. The minimum Gasteiger partial charge on any atom is -0.395 e. The zero-order valence-electron chi connectivity index (χ0n) is 13.7. The predicted octanol–water partition coefficient (Wildman–Crippen LogP) is 1.56. The lowest BCUT2D eigenvalue weighted by atomic mass is 10.2. The summed E-state index contributed by atoms with van der Waals surface area (Å²) in [6.45, 7) is 1.54. The highest BCUT2D eigenvalue weighted by molar-refractivity contribution is 7.09. The summed E-state index contributed by atoms with van der Waals surface area (Å²) < 4.78 is 9.51. The minimum atomic E-state index is -0.393. The summed E-state index contributed by atoms with van der Waals surface area (Å²) in [5.74, 6) is -0.719. The van der Waals surface area contributed by atoms with Gasteiger partial charge in [-0.25, -0.2) is 0 Å². The number of ether oxygens (including phenoxy) is 1. The Morgan fingerprint density at radius 3 is 2.76 bits per heavy atom. The van der Waals surface area contributed by atoms with Gasteiger partial charge in [-0.1, -0.05) is 30.3 Å². The van der Waals surface area contributed by atoms with Crippen molar-refractivity contribution in [2.24, 2.45) is 0 Å². The van der Waals surface area contributed by atoms with E-state index < -0.39 is 5.91 Å². The SMILES string of the molecule is Nc1c(C(=O)NCc2ccccc2)nsc1C(=O)NCC1CCCO1. The van der Waals surface area contributed by atoms with Crippen LogP contribution >= 0.6 is 11.5 Å². The second kappa shape index (κ2) is 8.09. The number of carbonyl (C=O) groups is 2. The summed E-state index contributed by atoms with van der Waals surface area (Å²) in [7, 11) is 0. The summed E-state index contributed by atoms with van der Waals surface area (Å²) in [4.78, 5) is 24.7. The van der Waals surface area contributed by atoms with E-state index in [1.54, 1.807) is 0 Å². The Bertz CT molecular complexity index is 742. The van der Waals surface area contributed by atoms with Crippen LogP contribution in [0.3, 0.4) is 0 Å². The summed E-state index contributed by atoms with van der Waals surface area (Å²) in [6, 6.07) is 9.53. The maximum Gasteiger partial charge on any atom is 0.273 e. The summed E-state index contributed by atoms with van der Waals surface area (Å²) in [6.07, 6.45) is 1.99. The molecule has 0 spiro atoms. The number of hydrogen-bond acceptors (Lipinski definition) is 6. The molecule has 2 aromatic rings. The third-order valence-electron chi connectivity index (χ3n) is 3.96. The van der Waals surface area contributed by atoms with Gasteiger partial charge in [-0.15, -0.1) is 0 Å². The van der Waals surface area contributed by atoms with Crippen LogP contribution in [0.1, 0.15) is 38.6 Å². The normalized spacial score (nSPS) is 16.6. The molecule has 1 aliphatic rings. The van der Waals surface area contributed by atoms with Gasteiger partial charge in [-0.3, -0.25) is 9.59 Å². The molecule has 132 valence electrons. The van der Waals surface area contributed by atoms with Crippen molar-refractivity contribution in [3.8, 4) is 0 Å². The Balaban J connectivity index is 1.57. The average molecular weight is 360 g/mol. The summed E-state index contributed by atoms with van der Waals surface area (Å²) in [5.41, 5.74) is 7.12. The van der Waals surface area contributed by atoms with Crippen LogP contribution in [0.4, 0.5) is 5.69 Å². The Morgan fingerprint density at radius 1 is 1.24 bits per heavy atom. The van der Waals surface area contributed by atoms with Crippen LogP contribution in [0, 0.1) is 0 Å². The monoisotopic (exact) mass is 360 g/mol. The van der Waals surface area contributed by atoms with Crippen LogP contribution in [0.5, 0.6) is 0 Å². The van der Waals surface area contributed by atoms with Gasteiger partial charge in [0.15, 0.2) is 5.69 Å². The lowest BCUT2D eigenvalue weighted by molar-refractivity contribution is 0.0861. The number of nitrogens with zero attached hydrogens (tertiary/aromatic N) is 1. The Kier molecular flexibility index (Phi) is 5.62. The van der Waals surface area contributed by atoms with Gasteiger partial charge in [0.05, 0.1) is 11.8 Å². The van der Waals surface area contributed by atoms with Crippen molar-refractivity contribution < 1.29 is 14.3 Å². The van der Waals surface area contributed by atoms with E-state index >= 15 is 0 Å². The zero-order chi connectivity index (χ0) is 17.6. The molecule has 1 unspecified atom stereocenters. The molecule has 8 heteroatoms. The van der Waals surface area contributed by atoms with E-state index in [4.69, 9.17) is 10.5 Å². The van der Waals surface area contributed by atoms with Crippen molar-refractivity contribution in [3.63, 3.8) is 0 Å². The third kappa shape index (κ3) is 4.34. The molecule has 2 heterocycles. The average Bonchev–Trinajstić information content (AvgIpc) is 3.28. The Hall–Kier alpha value is -2.45. The molecule has 1 aromatic heterocycles. The molecular weight excluding hydrogens is 340 g/mol. The fraction of sp³-hybridized carbons (Fsp3) is 0.353. The smallest absolute Gasteiger partial charge is 0.273 e. The van der Waals surface area contributed by atoms with Crippen LogP contribution in [0.2, 0.25) is 0 Å². The second-order valence-electron chi connectivity index (χ2n) is 5.79. The van der Waals surface area contributed by atoms with Gasteiger partial charge in [0, 0.05) is 19.7 Å². The molecule has 4 N–H and O–H groups in total. The van der Waals surface area contributed by atoms with E-state index in [1.165, 1.54) is 0 Å². The largest absolute Gasteiger partial charge is 0.395 e. The van der Waals surface area contributed by atoms with E-state index in [0.717, 1.165) is 36.5 Å².